The van der Waals surface area contributed by atoms with Crippen LogP contribution < -0.4 is 18.3 Å². The Balaban J connectivity index is 0.000000181. The Kier molecular flexibility index (Phi) is 17.7. The van der Waals surface area contributed by atoms with Gasteiger partial charge >= 0.3 is 0 Å². The van der Waals surface area contributed by atoms with Gasteiger partial charge in [0.05, 0.1) is 0 Å². The fourth-order valence-electron chi connectivity index (χ4n) is 9.69. The third-order valence-corrected chi connectivity index (χ3v) is 13.8. The fraction of sp³-hybridized carbons (Fsp3) is 0.315. The molecule has 398 valence electrons. The van der Waals surface area contributed by atoms with Crippen LogP contribution in [0.1, 0.15) is 127 Å². The predicted molar refractivity (Wildman–Crippen MR) is 327 cm³/mol. The van der Waals surface area contributed by atoms with Crippen molar-refractivity contribution in [3.8, 4) is 56.2 Å². The second-order valence-corrected chi connectivity index (χ2v) is 21.7. The van der Waals surface area contributed by atoms with Crippen LogP contribution in [0.2, 0.25) is 0 Å². The number of aromatic nitrogens is 4. The minimum Gasteiger partial charge on any atom is -0.201 e. The highest BCUT2D eigenvalue weighted by Gasteiger charge is 2.17. The number of nitrogens with zero attached hydrogens (tertiary/aromatic N) is 4. The molecular formula is C73H90N4+4. The Bertz CT molecular complexity index is 3620. The van der Waals surface area contributed by atoms with Crippen molar-refractivity contribution in [3.05, 3.63) is 239 Å². The molecule has 0 radical (unpaired) electrons. The van der Waals surface area contributed by atoms with E-state index in [-0.39, 0.29) is 5.92 Å². The molecule has 0 spiro atoms. The number of rotatable bonds is 11. The number of aryl methyl sites for hydroxylation is 9. The average molecular weight is 1030 g/mol. The van der Waals surface area contributed by atoms with Crippen molar-refractivity contribution in [2.45, 2.75) is 115 Å². The number of benzene rings is 5. The SMILES string of the molecule is Cc1cc(CC(C)C)ccc1-c1ccc(-c2ccccc2)c[n+]1C.[2H]C(C)(C)c1ccc(-c2cccc[n+]2C)c(C)c1.[2H]C([2H])([2H])c1ccc(-c2ccc(C([2H])(C)C)cc2C)[n+](C)c1.[2H]C([2H])(c1ccc(-c2cccc[n+]2C)c(C)c1)C(C)C. The summed E-state index contributed by atoms with van der Waals surface area (Å²) in [6, 6.07) is 55.9. The van der Waals surface area contributed by atoms with Crippen molar-refractivity contribution in [1.29, 1.82) is 0 Å². The molecular weight excluding hydrogens is 933 g/mol. The van der Waals surface area contributed by atoms with Crippen LogP contribution >= 0.6 is 0 Å². The van der Waals surface area contributed by atoms with Gasteiger partial charge in [-0.2, -0.15) is 0 Å². The van der Waals surface area contributed by atoms with Crippen molar-refractivity contribution in [1.82, 2.24) is 0 Å². The second-order valence-electron chi connectivity index (χ2n) is 21.7. The summed E-state index contributed by atoms with van der Waals surface area (Å²) in [5.41, 5.74) is 21.1. The molecule has 0 N–H and O–H groups in total. The first-order valence-electron chi connectivity index (χ1n) is 30.7. The van der Waals surface area contributed by atoms with Crippen LogP contribution in [0.4, 0.5) is 0 Å². The molecule has 0 unspecified atom stereocenters. The molecule has 4 heteroatoms. The van der Waals surface area contributed by atoms with Crippen molar-refractivity contribution in [2.24, 2.45) is 40.0 Å². The second kappa shape index (κ2) is 27.7. The molecule has 4 heterocycles. The van der Waals surface area contributed by atoms with Gasteiger partial charge in [-0.1, -0.05) is 134 Å². The third-order valence-electron chi connectivity index (χ3n) is 13.8. The molecule has 4 nitrogen and oxygen atoms in total. The van der Waals surface area contributed by atoms with Gasteiger partial charge in [0, 0.05) is 79.4 Å². The minimum absolute atomic E-state index is 0.0411. The lowest BCUT2D eigenvalue weighted by atomic mass is 9.96. The van der Waals surface area contributed by atoms with Crippen LogP contribution in [0.15, 0.2) is 189 Å². The van der Waals surface area contributed by atoms with E-state index in [4.69, 9.17) is 9.60 Å². The standard InChI is InChI=1S/C23H26N.2C17H22N.C16H20N/c1-17(2)14-19-10-12-22(18(3)15-19)23-13-11-21(16-24(23)4)20-8-6-5-7-9-20;1-12(2)15-7-8-16(14(4)10-15)17-9-6-13(3)11-18(17)5;1-13(2)11-15-8-9-16(14(3)12-15)17-7-5-6-10-18(17)4;1-12(2)14-8-9-15(13(3)11-14)16-7-5-6-10-17(16)4/h5-13,15-17H,14H2,1-4H3;6-12H,1-5H3;5-10,12-13H,11H2,1-4H3;5-12H,1-4H3/q4*+1/i;3D3,12D;11D2;12D. The molecule has 0 atom stereocenters. The molecule has 5 aromatic carbocycles. The van der Waals surface area contributed by atoms with E-state index in [9.17, 15) is 0 Å². The van der Waals surface area contributed by atoms with Gasteiger partial charge in [-0.3, -0.25) is 0 Å². The molecule has 0 aliphatic heterocycles. The third kappa shape index (κ3) is 16.4. The van der Waals surface area contributed by atoms with Gasteiger partial charge in [-0.15, -0.1) is 0 Å². The maximum atomic E-state index is 8.20. The van der Waals surface area contributed by atoms with E-state index in [0.717, 1.165) is 56.8 Å². The van der Waals surface area contributed by atoms with Gasteiger partial charge in [-0.05, 0) is 170 Å². The lowest BCUT2D eigenvalue weighted by Crippen LogP contribution is -2.31. The molecule has 0 saturated heterocycles. The summed E-state index contributed by atoms with van der Waals surface area (Å²) in [6.45, 7) is 22.2. The van der Waals surface area contributed by atoms with Crippen LogP contribution in [0, 0.1) is 46.4 Å². The first-order valence-corrected chi connectivity index (χ1v) is 27.2. The van der Waals surface area contributed by atoms with E-state index in [1.165, 1.54) is 50.3 Å². The van der Waals surface area contributed by atoms with Crippen LogP contribution in [-0.4, -0.2) is 0 Å². The molecule has 0 aliphatic rings. The van der Waals surface area contributed by atoms with Crippen molar-refractivity contribution >= 4 is 0 Å². The van der Waals surface area contributed by atoms with Crippen molar-refractivity contribution in [3.63, 3.8) is 0 Å². The minimum atomic E-state index is -2.09. The zero-order chi connectivity index (χ0) is 62.1. The van der Waals surface area contributed by atoms with E-state index in [1.807, 2.05) is 141 Å². The van der Waals surface area contributed by atoms with Crippen LogP contribution in [0.3, 0.4) is 0 Å². The maximum absolute atomic E-state index is 8.20. The Morgan fingerprint density at radius 3 is 1.25 bits per heavy atom. The zero-order valence-electron chi connectivity index (χ0n) is 56.0. The lowest BCUT2D eigenvalue weighted by Gasteiger charge is -2.10. The van der Waals surface area contributed by atoms with Gasteiger partial charge in [0.25, 0.3) is 0 Å². The summed E-state index contributed by atoms with van der Waals surface area (Å²) < 4.78 is 63.3. The van der Waals surface area contributed by atoms with E-state index < -0.39 is 25.0 Å². The van der Waals surface area contributed by atoms with E-state index in [1.54, 1.807) is 12.3 Å². The average Bonchev–Trinajstić information content (AvgIpc) is 3.62. The normalized spacial score (nSPS) is 12.9. The molecule has 0 fully saturated rings. The first kappa shape index (κ1) is 49.3. The van der Waals surface area contributed by atoms with Gasteiger partial charge in [0.1, 0.15) is 28.2 Å². The maximum Gasteiger partial charge on any atom is 0.212 e. The monoisotopic (exact) mass is 1030 g/mol. The quantitative estimate of drug-likeness (QED) is 0.115. The Morgan fingerprint density at radius 1 is 0.403 bits per heavy atom. The molecule has 9 aromatic rings. The molecule has 0 saturated carbocycles. The summed E-state index contributed by atoms with van der Waals surface area (Å²) in [7, 11) is 8.06. The number of hydrogen-bond acceptors (Lipinski definition) is 0. The first-order chi connectivity index (χ1) is 39.3. The highest BCUT2D eigenvalue weighted by atomic mass is 14.9. The van der Waals surface area contributed by atoms with Crippen molar-refractivity contribution in [2.75, 3.05) is 0 Å². The van der Waals surface area contributed by atoms with Crippen LogP contribution in [-0.2, 0) is 41.0 Å². The van der Waals surface area contributed by atoms with Gasteiger partial charge < -0.3 is 0 Å². The summed E-state index contributed by atoms with van der Waals surface area (Å²) in [4.78, 5) is 0. The summed E-state index contributed by atoms with van der Waals surface area (Å²) in [6.07, 6.45) is 7.80. The lowest BCUT2D eigenvalue weighted by molar-refractivity contribution is -0.660. The highest BCUT2D eigenvalue weighted by molar-refractivity contribution is 5.67. The highest BCUT2D eigenvalue weighted by Crippen LogP contribution is 2.28. The molecule has 0 amide bonds. The fourth-order valence-corrected chi connectivity index (χ4v) is 9.69. The number of hydrogen-bond donors (Lipinski definition) is 0. The summed E-state index contributed by atoms with van der Waals surface area (Å²) >= 11 is 0. The molecule has 4 aromatic heterocycles. The predicted octanol–water partition coefficient (Wildman–Crippen LogP) is 16.6. The Morgan fingerprint density at radius 2 is 0.831 bits per heavy atom. The largest absolute Gasteiger partial charge is 0.212 e. The molecule has 0 bridgehead atoms. The van der Waals surface area contributed by atoms with Gasteiger partial charge in [0.15, 0.2) is 24.8 Å². The molecule has 77 heavy (non-hydrogen) atoms. The Hall–Kier alpha value is -7.30. The molecule has 0 aliphatic carbocycles. The Labute approximate surface area is 475 Å². The van der Waals surface area contributed by atoms with Crippen LogP contribution in [0.25, 0.3) is 56.2 Å². The van der Waals surface area contributed by atoms with Crippen molar-refractivity contribution < 1.29 is 27.9 Å². The van der Waals surface area contributed by atoms with E-state index in [2.05, 4.69) is 165 Å². The zero-order valence-corrected chi connectivity index (χ0v) is 49.0. The summed E-state index contributed by atoms with van der Waals surface area (Å²) in [5.74, 6) is -0.518. The van der Waals surface area contributed by atoms with E-state index in [0.29, 0.717) is 11.5 Å². The molecule has 9 rings (SSSR count). The van der Waals surface area contributed by atoms with Crippen LogP contribution in [0.5, 0.6) is 0 Å². The smallest absolute Gasteiger partial charge is 0.201 e. The summed E-state index contributed by atoms with van der Waals surface area (Å²) in [5, 5.41) is 0. The van der Waals surface area contributed by atoms with Gasteiger partial charge in [-0.25, -0.2) is 18.3 Å². The van der Waals surface area contributed by atoms with Gasteiger partial charge in [0.2, 0.25) is 22.8 Å². The number of pyridine rings is 4. The van der Waals surface area contributed by atoms with E-state index >= 15 is 0 Å². The topological polar surface area (TPSA) is 15.5 Å².